The molecule has 0 unspecified atom stereocenters. The van der Waals surface area contributed by atoms with Crippen LogP contribution in [0, 0.1) is 0 Å². The van der Waals surface area contributed by atoms with E-state index >= 15 is 0 Å². The first-order valence-corrected chi connectivity index (χ1v) is 11.3. The average Bonchev–Trinajstić information content (AvgIpc) is 3.09. The lowest BCUT2D eigenvalue weighted by molar-refractivity contribution is 0.0955. The summed E-state index contributed by atoms with van der Waals surface area (Å²) >= 11 is 7.35. The van der Waals surface area contributed by atoms with Gasteiger partial charge in [-0.15, -0.1) is 11.3 Å². The maximum Gasteiger partial charge on any atom is 0.261 e. The molecular weight excluding hydrogens is 418 g/mol. The van der Waals surface area contributed by atoms with Crippen LogP contribution in [0.5, 0.6) is 5.75 Å². The molecule has 28 heavy (non-hydrogen) atoms. The van der Waals surface area contributed by atoms with Crippen LogP contribution in [0.4, 0.5) is 0 Å². The molecule has 0 bridgehead atoms. The molecule has 0 atom stereocenters. The average molecular weight is 434 g/mol. The van der Waals surface area contributed by atoms with Gasteiger partial charge >= 0.3 is 0 Å². The van der Waals surface area contributed by atoms with Gasteiger partial charge in [0, 0.05) is 22.0 Å². The number of sulfone groups is 1. The highest BCUT2D eigenvalue weighted by molar-refractivity contribution is 7.91. The Balaban J connectivity index is 1.61. The third kappa shape index (κ3) is 3.53. The van der Waals surface area contributed by atoms with E-state index in [1.165, 1.54) is 17.4 Å². The number of carbonyl (C=O) groups is 1. The molecule has 0 fully saturated rings. The highest BCUT2D eigenvalue weighted by Crippen LogP contribution is 2.43. The van der Waals surface area contributed by atoms with Gasteiger partial charge in [-0.25, -0.2) is 8.42 Å². The number of thiophene rings is 1. The molecule has 1 amide bonds. The van der Waals surface area contributed by atoms with E-state index < -0.39 is 9.84 Å². The Morgan fingerprint density at radius 2 is 2.04 bits per heavy atom. The highest BCUT2D eigenvalue weighted by atomic mass is 35.5. The molecular formula is C20H16ClNO4S2. The Morgan fingerprint density at radius 1 is 1.21 bits per heavy atom. The fourth-order valence-electron chi connectivity index (χ4n) is 3.16. The Morgan fingerprint density at radius 3 is 2.82 bits per heavy atom. The predicted octanol–water partition coefficient (Wildman–Crippen LogP) is 4.29. The third-order valence-corrected chi connectivity index (χ3v) is 7.65. The number of carbonyl (C=O) groups excluding carboxylic acids is 1. The SMILES string of the molecule is COc1cccc(CNC(=O)c2cc3c(s2)-c2cc(Cl)ccc2S(=O)(=O)C3)c1. The van der Waals surface area contributed by atoms with Crippen LogP contribution in [0.2, 0.25) is 5.02 Å². The van der Waals surface area contributed by atoms with E-state index in [0.29, 0.717) is 27.6 Å². The second-order valence-corrected chi connectivity index (χ2v) is 9.85. The topological polar surface area (TPSA) is 72.5 Å². The molecule has 0 aliphatic carbocycles. The Hall–Kier alpha value is -2.35. The van der Waals surface area contributed by atoms with Crippen molar-refractivity contribution in [3.05, 3.63) is 69.6 Å². The van der Waals surface area contributed by atoms with Gasteiger partial charge in [-0.1, -0.05) is 23.7 Å². The number of methoxy groups -OCH3 is 1. The second kappa shape index (κ2) is 7.24. The lowest BCUT2D eigenvalue weighted by atomic mass is 10.1. The minimum Gasteiger partial charge on any atom is -0.497 e. The lowest BCUT2D eigenvalue weighted by Crippen LogP contribution is -2.21. The minimum atomic E-state index is -3.45. The van der Waals surface area contributed by atoms with Gasteiger partial charge in [0.05, 0.1) is 22.6 Å². The van der Waals surface area contributed by atoms with Crippen LogP contribution >= 0.6 is 22.9 Å². The van der Waals surface area contributed by atoms with E-state index in [4.69, 9.17) is 16.3 Å². The minimum absolute atomic E-state index is 0.114. The first-order valence-electron chi connectivity index (χ1n) is 8.44. The number of hydrogen-bond donors (Lipinski definition) is 1. The number of fused-ring (bicyclic) bond motifs is 3. The number of rotatable bonds is 4. The molecule has 1 aromatic heterocycles. The van der Waals surface area contributed by atoms with Crippen LogP contribution in [0.25, 0.3) is 10.4 Å². The summed E-state index contributed by atoms with van der Waals surface area (Å²) in [5.41, 5.74) is 2.10. The summed E-state index contributed by atoms with van der Waals surface area (Å²) in [6.45, 7) is 0.347. The molecule has 2 heterocycles. The zero-order valence-corrected chi connectivity index (χ0v) is 17.2. The summed E-state index contributed by atoms with van der Waals surface area (Å²) in [5.74, 6) is 0.358. The number of benzene rings is 2. The summed E-state index contributed by atoms with van der Waals surface area (Å²) < 4.78 is 30.3. The number of amides is 1. The summed E-state index contributed by atoms with van der Waals surface area (Å²) in [5, 5.41) is 3.33. The van der Waals surface area contributed by atoms with E-state index in [-0.39, 0.29) is 16.6 Å². The molecule has 3 aromatic rings. The van der Waals surface area contributed by atoms with Gasteiger partial charge in [0.15, 0.2) is 9.84 Å². The van der Waals surface area contributed by atoms with E-state index in [0.717, 1.165) is 16.2 Å². The molecule has 1 N–H and O–H groups in total. The first-order chi connectivity index (χ1) is 13.4. The van der Waals surface area contributed by atoms with Gasteiger partial charge in [-0.05, 0) is 47.5 Å². The van der Waals surface area contributed by atoms with Gasteiger partial charge in [-0.2, -0.15) is 0 Å². The van der Waals surface area contributed by atoms with Gasteiger partial charge in [0.2, 0.25) is 0 Å². The summed E-state index contributed by atoms with van der Waals surface area (Å²) in [4.78, 5) is 14.1. The fourth-order valence-corrected chi connectivity index (χ4v) is 6.18. The van der Waals surface area contributed by atoms with Gasteiger partial charge < -0.3 is 10.1 Å². The molecule has 0 radical (unpaired) electrons. The van der Waals surface area contributed by atoms with Crippen molar-refractivity contribution in [3.63, 3.8) is 0 Å². The standard InChI is InChI=1S/C20H16ClNO4S2/c1-26-15-4-2-3-12(7-15)10-22-20(23)17-8-13-11-28(24,25)18-6-5-14(21)9-16(18)19(13)27-17/h2-9H,10-11H2,1H3,(H,22,23). The Labute approximate surface area is 171 Å². The second-order valence-electron chi connectivity index (χ2n) is 6.40. The molecule has 144 valence electrons. The summed E-state index contributed by atoms with van der Waals surface area (Å²) in [7, 11) is -1.86. The first kappa shape index (κ1) is 19.0. The number of halogens is 1. The van der Waals surface area contributed by atoms with Crippen molar-refractivity contribution in [3.8, 4) is 16.2 Å². The number of ether oxygens (including phenoxy) is 1. The van der Waals surface area contributed by atoms with E-state index in [1.807, 2.05) is 24.3 Å². The van der Waals surface area contributed by atoms with Crippen LogP contribution in [-0.4, -0.2) is 21.4 Å². The van der Waals surface area contributed by atoms with Crippen LogP contribution < -0.4 is 10.1 Å². The van der Waals surface area contributed by atoms with Crippen molar-refractivity contribution in [1.82, 2.24) is 5.32 Å². The molecule has 0 saturated heterocycles. The maximum atomic E-state index is 12.6. The zero-order chi connectivity index (χ0) is 19.9. The van der Waals surface area contributed by atoms with Gasteiger partial charge in [-0.3, -0.25) is 4.79 Å². The molecule has 0 saturated carbocycles. The highest BCUT2D eigenvalue weighted by Gasteiger charge is 2.31. The molecule has 0 spiro atoms. The fraction of sp³-hybridized carbons (Fsp3) is 0.150. The molecule has 2 aromatic carbocycles. The van der Waals surface area contributed by atoms with Gasteiger partial charge in [0.1, 0.15) is 5.75 Å². The van der Waals surface area contributed by atoms with Crippen molar-refractivity contribution in [1.29, 1.82) is 0 Å². The monoisotopic (exact) mass is 433 g/mol. The Kier molecular flexibility index (Phi) is 4.91. The van der Waals surface area contributed by atoms with Crippen LogP contribution in [0.3, 0.4) is 0 Å². The van der Waals surface area contributed by atoms with Crippen LogP contribution in [-0.2, 0) is 22.1 Å². The predicted molar refractivity (Wildman–Crippen MR) is 110 cm³/mol. The van der Waals surface area contributed by atoms with Crippen molar-refractivity contribution in [2.24, 2.45) is 0 Å². The maximum absolute atomic E-state index is 12.6. The lowest BCUT2D eigenvalue weighted by Gasteiger charge is -2.16. The quantitative estimate of drug-likeness (QED) is 0.666. The van der Waals surface area contributed by atoms with Crippen LogP contribution in [0.1, 0.15) is 20.8 Å². The smallest absolute Gasteiger partial charge is 0.261 e. The molecule has 1 aliphatic heterocycles. The molecule has 1 aliphatic rings. The molecule has 5 nitrogen and oxygen atoms in total. The third-order valence-electron chi connectivity index (χ3n) is 4.49. The van der Waals surface area contributed by atoms with Crippen molar-refractivity contribution in [2.75, 3.05) is 7.11 Å². The Bertz CT molecular complexity index is 1180. The van der Waals surface area contributed by atoms with Crippen molar-refractivity contribution in [2.45, 2.75) is 17.2 Å². The molecule has 8 heteroatoms. The normalized spacial score (nSPS) is 14.1. The molecule has 4 rings (SSSR count). The van der Waals surface area contributed by atoms with E-state index in [2.05, 4.69) is 5.32 Å². The zero-order valence-electron chi connectivity index (χ0n) is 14.9. The van der Waals surface area contributed by atoms with Gasteiger partial charge in [0.25, 0.3) is 5.91 Å². The summed E-state index contributed by atoms with van der Waals surface area (Å²) in [6.07, 6.45) is 0. The van der Waals surface area contributed by atoms with Crippen LogP contribution in [0.15, 0.2) is 53.4 Å². The largest absolute Gasteiger partial charge is 0.497 e. The summed E-state index contributed by atoms with van der Waals surface area (Å²) in [6, 6.07) is 13.8. The van der Waals surface area contributed by atoms with E-state index in [1.54, 1.807) is 25.3 Å². The number of hydrogen-bond acceptors (Lipinski definition) is 5. The van der Waals surface area contributed by atoms with E-state index in [9.17, 15) is 13.2 Å². The number of nitrogens with one attached hydrogen (secondary N) is 1. The van der Waals surface area contributed by atoms with Crippen molar-refractivity contribution >= 4 is 38.7 Å². The van der Waals surface area contributed by atoms with Crippen molar-refractivity contribution < 1.29 is 17.9 Å².